The van der Waals surface area contributed by atoms with E-state index in [0.29, 0.717) is 0 Å². The van der Waals surface area contributed by atoms with Gasteiger partial charge in [-0.15, -0.1) is 0 Å². The van der Waals surface area contributed by atoms with E-state index in [1.165, 1.54) is 7.05 Å². The Balaban J connectivity index is 4.56. The van der Waals surface area contributed by atoms with Gasteiger partial charge in [0, 0.05) is 13.2 Å². The Morgan fingerprint density at radius 3 is 2.40 bits per heavy atom. The molecule has 0 heterocycles. The number of aliphatic carboxylic acids is 1. The van der Waals surface area contributed by atoms with Crippen molar-refractivity contribution in [3.63, 3.8) is 0 Å². The fourth-order valence-corrected chi connectivity index (χ4v) is 0.730. The Kier molecular flexibility index (Phi) is 3.71. The third-order valence-corrected chi connectivity index (χ3v) is 1.44. The molecule has 0 saturated carbocycles. The summed E-state index contributed by atoms with van der Waals surface area (Å²) < 4.78 is 0.280. The zero-order valence-electron chi connectivity index (χ0n) is 5.34. The molecule has 0 rings (SSSR count). The number of carbonyl (C=O) groups is 1. The van der Waals surface area contributed by atoms with Crippen molar-refractivity contribution in [3.8, 4) is 0 Å². The molecule has 0 bridgehead atoms. The van der Waals surface area contributed by atoms with Crippen LogP contribution >= 0.6 is 15.9 Å². The molecule has 0 fully saturated rings. The van der Waals surface area contributed by atoms with E-state index in [4.69, 9.17) is 10.8 Å². The lowest BCUT2D eigenvalue weighted by Gasteiger charge is -1.94. The number of nitrogens with two attached hydrogens (primary N) is 1. The van der Waals surface area contributed by atoms with Gasteiger partial charge in [-0.3, -0.25) is 4.99 Å². The van der Waals surface area contributed by atoms with Crippen molar-refractivity contribution in [1.29, 1.82) is 0 Å². The van der Waals surface area contributed by atoms with E-state index in [1.54, 1.807) is 0 Å². The Bertz CT molecular complexity index is 198. The first-order valence-corrected chi connectivity index (χ1v) is 3.20. The van der Waals surface area contributed by atoms with Gasteiger partial charge < -0.3 is 10.8 Å². The van der Waals surface area contributed by atoms with Crippen LogP contribution in [-0.2, 0) is 4.79 Å². The van der Waals surface area contributed by atoms with Crippen molar-refractivity contribution in [2.24, 2.45) is 10.7 Å². The SMILES string of the molecule is CN=C(C(=O)O)C(Br)=CN. The lowest BCUT2D eigenvalue weighted by molar-refractivity contribution is -0.129. The highest BCUT2D eigenvalue weighted by Gasteiger charge is 2.10. The fourth-order valence-electron chi connectivity index (χ4n) is 0.384. The molecule has 0 aliphatic heterocycles. The zero-order valence-corrected chi connectivity index (χ0v) is 6.92. The first kappa shape index (κ1) is 9.16. The molecule has 10 heavy (non-hydrogen) atoms. The molecule has 0 aliphatic carbocycles. The Labute approximate surface area is 66.6 Å². The minimum atomic E-state index is -1.10. The Morgan fingerprint density at radius 2 is 2.30 bits per heavy atom. The molecular weight excluding hydrogens is 200 g/mol. The lowest BCUT2D eigenvalue weighted by atomic mass is 10.4. The number of carboxylic acids is 1. The van der Waals surface area contributed by atoms with Crippen molar-refractivity contribution in [2.75, 3.05) is 7.05 Å². The van der Waals surface area contributed by atoms with Gasteiger partial charge in [0.05, 0.1) is 4.48 Å². The molecule has 0 aliphatic rings. The monoisotopic (exact) mass is 206 g/mol. The minimum absolute atomic E-state index is 0.0810. The molecule has 0 unspecified atom stereocenters. The van der Waals surface area contributed by atoms with E-state index in [0.717, 1.165) is 6.20 Å². The maximum atomic E-state index is 10.3. The number of rotatable bonds is 2. The van der Waals surface area contributed by atoms with Crippen LogP contribution < -0.4 is 5.73 Å². The predicted octanol–water partition coefficient (Wildman–Crippen LogP) is 0.337. The van der Waals surface area contributed by atoms with Gasteiger partial charge in [-0.2, -0.15) is 0 Å². The summed E-state index contributed by atoms with van der Waals surface area (Å²) in [6.45, 7) is 0. The fraction of sp³-hybridized carbons (Fsp3) is 0.200. The number of nitrogens with zero attached hydrogens (tertiary/aromatic N) is 1. The highest BCUT2D eigenvalue weighted by molar-refractivity contribution is 9.12. The first-order valence-electron chi connectivity index (χ1n) is 2.41. The van der Waals surface area contributed by atoms with Crippen LogP contribution in [0, 0.1) is 0 Å². The molecule has 0 spiro atoms. The zero-order chi connectivity index (χ0) is 8.15. The van der Waals surface area contributed by atoms with E-state index >= 15 is 0 Å². The van der Waals surface area contributed by atoms with Crippen LogP contribution in [0.3, 0.4) is 0 Å². The molecule has 0 aromatic carbocycles. The number of hydrogen-bond donors (Lipinski definition) is 2. The highest BCUT2D eigenvalue weighted by Crippen LogP contribution is 2.05. The normalized spacial score (nSPS) is 13.4. The first-order chi connectivity index (χ1) is 4.63. The summed E-state index contributed by atoms with van der Waals surface area (Å²) in [6.07, 6.45) is 1.14. The van der Waals surface area contributed by atoms with Crippen molar-refractivity contribution < 1.29 is 9.90 Å². The molecule has 0 amide bonds. The van der Waals surface area contributed by atoms with Gasteiger partial charge in [0.2, 0.25) is 0 Å². The van der Waals surface area contributed by atoms with E-state index < -0.39 is 5.97 Å². The van der Waals surface area contributed by atoms with Crippen LogP contribution in [0.2, 0.25) is 0 Å². The molecule has 0 aromatic heterocycles. The predicted molar refractivity (Wildman–Crippen MR) is 42.2 cm³/mol. The summed E-state index contributed by atoms with van der Waals surface area (Å²) >= 11 is 2.93. The second-order valence-electron chi connectivity index (χ2n) is 1.39. The molecule has 0 radical (unpaired) electrons. The smallest absolute Gasteiger partial charge is 0.355 e. The topological polar surface area (TPSA) is 75.7 Å². The Hall–Kier alpha value is -0.840. The second kappa shape index (κ2) is 4.05. The molecule has 0 aromatic rings. The quantitative estimate of drug-likeness (QED) is 0.641. The molecule has 0 saturated heterocycles. The second-order valence-corrected chi connectivity index (χ2v) is 2.25. The van der Waals surface area contributed by atoms with E-state index in [2.05, 4.69) is 20.9 Å². The van der Waals surface area contributed by atoms with Gasteiger partial charge >= 0.3 is 5.97 Å². The number of halogens is 1. The number of hydrogen-bond acceptors (Lipinski definition) is 3. The molecule has 5 heteroatoms. The Morgan fingerprint density at radius 1 is 1.80 bits per heavy atom. The van der Waals surface area contributed by atoms with E-state index in [9.17, 15) is 4.79 Å². The van der Waals surface area contributed by atoms with Gasteiger partial charge in [-0.05, 0) is 15.9 Å². The third-order valence-electron chi connectivity index (χ3n) is 0.799. The molecular formula is C5H7BrN2O2. The molecule has 3 N–H and O–H groups in total. The van der Waals surface area contributed by atoms with Crippen LogP contribution in [-0.4, -0.2) is 23.8 Å². The molecule has 56 valence electrons. The summed E-state index contributed by atoms with van der Waals surface area (Å²) in [7, 11) is 1.38. The van der Waals surface area contributed by atoms with Gasteiger partial charge in [0.25, 0.3) is 0 Å². The number of aliphatic imine (C=N–C) groups is 1. The van der Waals surface area contributed by atoms with Crippen LogP contribution in [0.1, 0.15) is 0 Å². The van der Waals surface area contributed by atoms with Crippen molar-refractivity contribution in [2.45, 2.75) is 0 Å². The van der Waals surface area contributed by atoms with Gasteiger partial charge in [0.1, 0.15) is 0 Å². The standard InChI is InChI=1S/C5H7BrN2O2/c1-8-4(5(9)10)3(6)2-7/h2H,7H2,1H3,(H,9,10). The van der Waals surface area contributed by atoms with E-state index in [-0.39, 0.29) is 10.2 Å². The lowest BCUT2D eigenvalue weighted by Crippen LogP contribution is -2.13. The minimum Gasteiger partial charge on any atom is -0.476 e. The summed E-state index contributed by atoms with van der Waals surface area (Å²) in [5, 5.41) is 8.42. The van der Waals surface area contributed by atoms with Crippen LogP contribution in [0.25, 0.3) is 0 Å². The van der Waals surface area contributed by atoms with Crippen molar-refractivity contribution >= 4 is 27.6 Å². The van der Waals surface area contributed by atoms with Crippen LogP contribution in [0.15, 0.2) is 15.7 Å². The van der Waals surface area contributed by atoms with Crippen LogP contribution in [0.5, 0.6) is 0 Å². The third kappa shape index (κ3) is 2.18. The largest absolute Gasteiger partial charge is 0.476 e. The summed E-state index contributed by atoms with van der Waals surface area (Å²) in [6, 6.07) is 0. The van der Waals surface area contributed by atoms with Crippen LogP contribution in [0.4, 0.5) is 0 Å². The highest BCUT2D eigenvalue weighted by atomic mass is 79.9. The molecule has 4 nitrogen and oxygen atoms in total. The average Bonchev–Trinajstić information content (AvgIpc) is 1.88. The maximum absolute atomic E-state index is 10.3. The number of carboxylic acid groups (broad SMARTS) is 1. The molecule has 0 atom stereocenters. The van der Waals surface area contributed by atoms with Gasteiger partial charge in [0.15, 0.2) is 5.71 Å². The maximum Gasteiger partial charge on any atom is 0.355 e. The van der Waals surface area contributed by atoms with Gasteiger partial charge in [-0.25, -0.2) is 4.79 Å². The summed E-state index contributed by atoms with van der Waals surface area (Å²) in [4.78, 5) is 13.8. The van der Waals surface area contributed by atoms with Crippen molar-refractivity contribution in [1.82, 2.24) is 0 Å². The summed E-state index contributed by atoms with van der Waals surface area (Å²) in [5.41, 5.74) is 4.95. The van der Waals surface area contributed by atoms with E-state index in [1.807, 2.05) is 0 Å². The average molecular weight is 207 g/mol. The van der Waals surface area contributed by atoms with Gasteiger partial charge in [-0.1, -0.05) is 0 Å². The van der Waals surface area contributed by atoms with Crippen molar-refractivity contribution in [3.05, 3.63) is 10.7 Å². The summed E-state index contributed by atoms with van der Waals surface area (Å²) in [5.74, 6) is -1.10.